The van der Waals surface area contributed by atoms with Gasteiger partial charge in [-0.15, -0.1) is 0 Å². The number of thioether (sulfide) groups is 1. The summed E-state index contributed by atoms with van der Waals surface area (Å²) in [5.41, 5.74) is 0. The lowest BCUT2D eigenvalue weighted by Crippen LogP contribution is -2.26. The van der Waals surface area contributed by atoms with Crippen LogP contribution in [0.3, 0.4) is 0 Å². The van der Waals surface area contributed by atoms with Crippen molar-refractivity contribution in [3.63, 3.8) is 0 Å². The molecule has 0 aliphatic rings. The van der Waals surface area contributed by atoms with Crippen molar-refractivity contribution in [2.75, 3.05) is 18.1 Å². The number of carboxylic acids is 1. The smallest absolute Gasteiger partial charge is 0.307 e. The van der Waals surface area contributed by atoms with Crippen LogP contribution in [0.15, 0.2) is 0 Å². The molecule has 5 nitrogen and oxygen atoms in total. The van der Waals surface area contributed by atoms with Gasteiger partial charge in [-0.3, -0.25) is 9.59 Å². The number of amides is 1. The van der Waals surface area contributed by atoms with Crippen LogP contribution in [-0.2, 0) is 9.59 Å². The number of carbonyl (C=O) groups excluding carboxylic acids is 1. The third-order valence-corrected chi connectivity index (χ3v) is 2.78. The van der Waals surface area contributed by atoms with Gasteiger partial charge in [-0.05, 0) is 0 Å². The van der Waals surface area contributed by atoms with Crippen LogP contribution in [0.2, 0.25) is 0 Å². The number of aliphatic carboxylic acids is 1. The van der Waals surface area contributed by atoms with Gasteiger partial charge in [-0.25, -0.2) is 0 Å². The highest BCUT2D eigenvalue weighted by Gasteiger charge is 2.11. The highest BCUT2D eigenvalue weighted by molar-refractivity contribution is 7.99. The fraction of sp³-hybridized carbons (Fsp3) is 0.667. The Hall–Kier alpha value is -1.22. The predicted octanol–water partition coefficient (Wildman–Crippen LogP) is 0.470. The molecular formula is C9H14N2O3S. The first-order chi connectivity index (χ1) is 7.07. The molecule has 1 unspecified atom stereocenters. The molecule has 84 valence electrons. The Bertz CT molecular complexity index is 263. The average Bonchev–Trinajstić information content (AvgIpc) is 2.18. The lowest BCUT2D eigenvalue weighted by Gasteiger charge is -2.05. The molecule has 0 radical (unpaired) electrons. The quantitative estimate of drug-likeness (QED) is 0.620. The highest BCUT2D eigenvalue weighted by Crippen LogP contribution is 2.07. The van der Waals surface area contributed by atoms with Gasteiger partial charge in [0.1, 0.15) is 0 Å². The molecule has 0 rings (SSSR count). The van der Waals surface area contributed by atoms with Crippen LogP contribution in [0.1, 0.15) is 13.3 Å². The molecule has 0 bridgehead atoms. The summed E-state index contributed by atoms with van der Waals surface area (Å²) in [5.74, 6) is -0.800. The monoisotopic (exact) mass is 230 g/mol. The normalized spacial score (nSPS) is 11.5. The summed E-state index contributed by atoms with van der Waals surface area (Å²) in [5, 5.41) is 19.3. The summed E-state index contributed by atoms with van der Waals surface area (Å²) in [6.45, 7) is 1.95. The molecule has 6 heteroatoms. The van der Waals surface area contributed by atoms with Crippen molar-refractivity contribution in [1.82, 2.24) is 5.32 Å². The van der Waals surface area contributed by atoms with Crippen LogP contribution in [0.4, 0.5) is 0 Å². The third kappa shape index (κ3) is 7.82. The molecule has 2 N–H and O–H groups in total. The topological polar surface area (TPSA) is 90.2 Å². The molecule has 1 amide bonds. The van der Waals surface area contributed by atoms with E-state index in [2.05, 4.69) is 5.32 Å². The summed E-state index contributed by atoms with van der Waals surface area (Å²) in [6.07, 6.45) is 0.294. The van der Waals surface area contributed by atoms with E-state index in [0.29, 0.717) is 18.7 Å². The number of hydrogen-bond donors (Lipinski definition) is 2. The van der Waals surface area contributed by atoms with Crippen LogP contribution in [0.5, 0.6) is 0 Å². The van der Waals surface area contributed by atoms with Gasteiger partial charge in [0, 0.05) is 12.3 Å². The highest BCUT2D eigenvalue weighted by atomic mass is 32.2. The Morgan fingerprint density at radius 1 is 1.60 bits per heavy atom. The zero-order valence-corrected chi connectivity index (χ0v) is 9.34. The summed E-state index contributed by atoms with van der Waals surface area (Å²) >= 11 is 1.28. The molecular weight excluding hydrogens is 216 g/mol. The van der Waals surface area contributed by atoms with E-state index in [-0.39, 0.29) is 11.7 Å². The van der Waals surface area contributed by atoms with Crippen LogP contribution >= 0.6 is 11.8 Å². The SMILES string of the molecule is CC(CSCC(=O)NCCC#N)C(=O)O. The van der Waals surface area contributed by atoms with Crippen LogP contribution in [-0.4, -0.2) is 35.0 Å². The second kappa shape index (κ2) is 8.12. The molecule has 0 saturated heterocycles. The zero-order valence-electron chi connectivity index (χ0n) is 8.52. The standard InChI is InChI=1S/C9H14N2O3S/c1-7(9(13)14)5-15-6-8(12)11-4-2-3-10/h7H,2,4-6H2,1H3,(H,11,12)(H,13,14). The largest absolute Gasteiger partial charge is 0.481 e. The van der Waals surface area contributed by atoms with Gasteiger partial charge in [0.15, 0.2) is 0 Å². The molecule has 0 aliphatic heterocycles. The molecule has 0 aromatic heterocycles. The van der Waals surface area contributed by atoms with Crippen LogP contribution in [0.25, 0.3) is 0 Å². The van der Waals surface area contributed by atoms with E-state index in [1.165, 1.54) is 11.8 Å². The number of nitrogens with one attached hydrogen (secondary N) is 1. The minimum Gasteiger partial charge on any atom is -0.481 e. The van der Waals surface area contributed by atoms with Crippen LogP contribution in [0, 0.1) is 17.2 Å². The first kappa shape index (κ1) is 13.8. The average molecular weight is 230 g/mol. The molecule has 15 heavy (non-hydrogen) atoms. The predicted molar refractivity (Wildman–Crippen MR) is 57.4 cm³/mol. The van der Waals surface area contributed by atoms with E-state index in [1.807, 2.05) is 6.07 Å². The minimum absolute atomic E-state index is 0.159. The Morgan fingerprint density at radius 3 is 2.80 bits per heavy atom. The second-order valence-corrected chi connectivity index (χ2v) is 4.04. The van der Waals surface area contributed by atoms with Gasteiger partial charge in [0.05, 0.1) is 24.2 Å². The maximum atomic E-state index is 11.1. The molecule has 0 aromatic rings. The van der Waals surface area contributed by atoms with Crippen molar-refractivity contribution in [3.8, 4) is 6.07 Å². The first-order valence-corrected chi connectivity index (χ1v) is 5.67. The molecule has 0 aliphatic carbocycles. The van der Waals surface area contributed by atoms with Gasteiger partial charge in [-0.1, -0.05) is 6.92 Å². The van der Waals surface area contributed by atoms with E-state index in [0.717, 1.165) is 0 Å². The molecule has 0 fully saturated rings. The van der Waals surface area contributed by atoms with Crippen molar-refractivity contribution in [1.29, 1.82) is 5.26 Å². The number of rotatable bonds is 7. The van der Waals surface area contributed by atoms with Crippen molar-refractivity contribution < 1.29 is 14.7 Å². The van der Waals surface area contributed by atoms with Crippen molar-refractivity contribution in [3.05, 3.63) is 0 Å². The summed E-state index contributed by atoms with van der Waals surface area (Å²) in [6, 6.07) is 1.91. The van der Waals surface area contributed by atoms with Gasteiger partial charge >= 0.3 is 5.97 Å². The fourth-order valence-electron chi connectivity index (χ4n) is 0.709. The Balaban J connectivity index is 3.47. The number of nitrogens with zero attached hydrogens (tertiary/aromatic N) is 1. The maximum absolute atomic E-state index is 11.1. The Kier molecular flexibility index (Phi) is 7.46. The summed E-state index contributed by atoms with van der Waals surface area (Å²) in [7, 11) is 0. The van der Waals surface area contributed by atoms with Crippen molar-refractivity contribution >= 4 is 23.6 Å². The van der Waals surface area contributed by atoms with Crippen molar-refractivity contribution in [2.24, 2.45) is 5.92 Å². The number of carbonyl (C=O) groups is 2. The van der Waals surface area contributed by atoms with Gasteiger partial charge < -0.3 is 10.4 Å². The van der Waals surface area contributed by atoms with E-state index in [4.69, 9.17) is 10.4 Å². The fourth-order valence-corrected chi connectivity index (χ4v) is 1.61. The molecule has 0 spiro atoms. The van der Waals surface area contributed by atoms with E-state index in [9.17, 15) is 9.59 Å². The zero-order chi connectivity index (χ0) is 11.7. The Morgan fingerprint density at radius 2 is 2.27 bits per heavy atom. The molecule has 0 aromatic carbocycles. The minimum atomic E-state index is -0.854. The van der Waals surface area contributed by atoms with E-state index >= 15 is 0 Å². The van der Waals surface area contributed by atoms with Gasteiger partial charge in [0.25, 0.3) is 0 Å². The molecule has 1 atom stereocenters. The summed E-state index contributed by atoms with van der Waals surface area (Å²) < 4.78 is 0. The van der Waals surface area contributed by atoms with Gasteiger partial charge in [0.2, 0.25) is 5.91 Å². The number of nitriles is 1. The van der Waals surface area contributed by atoms with Crippen LogP contribution < -0.4 is 5.32 Å². The second-order valence-electron chi connectivity index (χ2n) is 3.01. The Labute approximate surface area is 92.8 Å². The van der Waals surface area contributed by atoms with Gasteiger partial charge in [-0.2, -0.15) is 17.0 Å². The number of hydrogen-bond acceptors (Lipinski definition) is 4. The molecule has 0 heterocycles. The summed E-state index contributed by atoms with van der Waals surface area (Å²) in [4.78, 5) is 21.5. The van der Waals surface area contributed by atoms with Crippen molar-refractivity contribution in [2.45, 2.75) is 13.3 Å². The number of carboxylic acid groups (broad SMARTS) is 1. The third-order valence-electron chi connectivity index (χ3n) is 1.58. The first-order valence-electron chi connectivity index (χ1n) is 4.52. The lowest BCUT2D eigenvalue weighted by atomic mass is 10.2. The van der Waals surface area contributed by atoms with E-state index in [1.54, 1.807) is 6.92 Å². The maximum Gasteiger partial charge on any atom is 0.307 e. The van der Waals surface area contributed by atoms with E-state index < -0.39 is 11.9 Å². The lowest BCUT2D eigenvalue weighted by molar-refractivity contribution is -0.140. The molecule has 0 saturated carbocycles.